The monoisotopic (exact) mass is 458 g/mol. The molecule has 0 aliphatic carbocycles. The molecule has 1 fully saturated rings. The van der Waals surface area contributed by atoms with Gasteiger partial charge in [0, 0.05) is 43.9 Å². The van der Waals surface area contributed by atoms with Crippen LogP contribution in [0.25, 0.3) is 0 Å². The third-order valence-electron chi connectivity index (χ3n) is 6.01. The van der Waals surface area contributed by atoms with Crippen LogP contribution in [0.15, 0.2) is 72.0 Å². The molecule has 1 aliphatic rings. The Bertz CT molecular complexity index is 1210. The molecular formula is C27H30N4O3. The minimum Gasteiger partial charge on any atom is -0.350 e. The first-order valence-corrected chi connectivity index (χ1v) is 11.7. The molecule has 3 heterocycles. The predicted molar refractivity (Wildman–Crippen MR) is 131 cm³/mol. The second-order valence-corrected chi connectivity index (χ2v) is 9.00. The molecule has 0 saturated carbocycles. The molecule has 1 saturated heterocycles. The highest BCUT2D eigenvalue weighted by Crippen LogP contribution is 2.31. The van der Waals surface area contributed by atoms with Crippen molar-refractivity contribution in [2.45, 2.75) is 51.7 Å². The van der Waals surface area contributed by atoms with Crippen molar-refractivity contribution in [3.8, 4) is 0 Å². The van der Waals surface area contributed by atoms with E-state index in [9.17, 15) is 14.4 Å². The lowest BCUT2D eigenvalue weighted by atomic mass is 9.95. The molecule has 0 radical (unpaired) electrons. The van der Waals surface area contributed by atoms with E-state index >= 15 is 0 Å². The number of likely N-dealkylation sites (tertiary alicyclic amines) is 1. The summed E-state index contributed by atoms with van der Waals surface area (Å²) in [6.45, 7) is 4.66. The summed E-state index contributed by atoms with van der Waals surface area (Å²) in [5.74, 6) is -0.821. The fourth-order valence-corrected chi connectivity index (χ4v) is 4.42. The van der Waals surface area contributed by atoms with Gasteiger partial charge in [-0.25, -0.2) is 0 Å². The van der Waals surface area contributed by atoms with Gasteiger partial charge < -0.3 is 14.8 Å². The van der Waals surface area contributed by atoms with Crippen LogP contribution in [0.3, 0.4) is 0 Å². The Labute approximate surface area is 199 Å². The van der Waals surface area contributed by atoms with Crippen LogP contribution in [0.5, 0.6) is 0 Å². The number of carbonyl (C=O) groups is 2. The van der Waals surface area contributed by atoms with Crippen LogP contribution >= 0.6 is 0 Å². The Morgan fingerprint density at radius 2 is 1.82 bits per heavy atom. The first-order valence-electron chi connectivity index (χ1n) is 11.7. The van der Waals surface area contributed by atoms with Crippen LogP contribution in [0.1, 0.15) is 71.0 Å². The molecule has 7 nitrogen and oxygen atoms in total. The van der Waals surface area contributed by atoms with Gasteiger partial charge in [-0.05, 0) is 50.3 Å². The summed E-state index contributed by atoms with van der Waals surface area (Å²) in [6.07, 6.45) is 9.28. The van der Waals surface area contributed by atoms with Gasteiger partial charge in [-0.1, -0.05) is 36.4 Å². The molecule has 1 aromatic carbocycles. The number of piperidine rings is 1. The number of hydrogen-bond acceptors (Lipinski definition) is 4. The smallest absolute Gasteiger partial charge is 0.259 e. The lowest BCUT2D eigenvalue weighted by molar-refractivity contribution is 0.0609. The second-order valence-electron chi connectivity index (χ2n) is 9.00. The molecule has 1 N–H and O–H groups in total. The fraction of sp³-hybridized carbons (Fsp3) is 0.333. The standard InChI is InChI=1S/C27H30N4O3/c1-19(2)29-26(33)22-17-30(16-20-9-4-3-5-10-20)18-23(25(22)32)27(34)31-14-7-6-12-24(31)21-11-8-13-28-15-21/h3-5,8-11,13,15,17-19,24H,6-7,12,14,16H2,1-2H3,(H,29,33)/t24-/m1/s1. The number of rotatable bonds is 6. The number of hydrogen-bond donors (Lipinski definition) is 1. The topological polar surface area (TPSA) is 84.3 Å². The summed E-state index contributed by atoms with van der Waals surface area (Å²) in [4.78, 5) is 46.0. The van der Waals surface area contributed by atoms with E-state index in [4.69, 9.17) is 0 Å². The first kappa shape index (κ1) is 23.4. The number of benzene rings is 1. The number of nitrogens with zero attached hydrogens (tertiary/aromatic N) is 3. The normalized spacial score (nSPS) is 15.9. The van der Waals surface area contributed by atoms with Crippen molar-refractivity contribution in [1.29, 1.82) is 0 Å². The Balaban J connectivity index is 1.75. The summed E-state index contributed by atoms with van der Waals surface area (Å²) in [6, 6.07) is 13.3. The molecule has 0 spiro atoms. The van der Waals surface area contributed by atoms with E-state index in [1.54, 1.807) is 34.3 Å². The number of carbonyl (C=O) groups excluding carboxylic acids is 2. The van der Waals surface area contributed by atoms with E-state index in [0.29, 0.717) is 13.1 Å². The molecule has 176 valence electrons. The number of nitrogens with one attached hydrogen (secondary N) is 1. The third-order valence-corrected chi connectivity index (χ3v) is 6.01. The van der Waals surface area contributed by atoms with Gasteiger partial charge in [0.15, 0.2) is 0 Å². The Morgan fingerprint density at radius 3 is 2.53 bits per heavy atom. The van der Waals surface area contributed by atoms with Crippen molar-refractivity contribution < 1.29 is 9.59 Å². The van der Waals surface area contributed by atoms with Crippen molar-refractivity contribution in [3.05, 3.63) is 99.7 Å². The van der Waals surface area contributed by atoms with E-state index in [0.717, 1.165) is 30.4 Å². The van der Waals surface area contributed by atoms with Crippen LogP contribution in [0.4, 0.5) is 0 Å². The zero-order chi connectivity index (χ0) is 24.1. The third kappa shape index (κ3) is 5.25. The molecule has 1 aliphatic heterocycles. The Morgan fingerprint density at radius 1 is 1.06 bits per heavy atom. The van der Waals surface area contributed by atoms with Gasteiger partial charge in [0.1, 0.15) is 11.1 Å². The maximum Gasteiger partial charge on any atom is 0.259 e. The van der Waals surface area contributed by atoms with E-state index in [2.05, 4.69) is 10.3 Å². The zero-order valence-electron chi connectivity index (χ0n) is 19.6. The Kier molecular flexibility index (Phi) is 7.21. The lowest BCUT2D eigenvalue weighted by Gasteiger charge is -2.36. The van der Waals surface area contributed by atoms with Gasteiger partial charge in [-0.3, -0.25) is 19.4 Å². The average Bonchev–Trinajstić information content (AvgIpc) is 2.85. The summed E-state index contributed by atoms with van der Waals surface area (Å²) in [5, 5.41) is 2.79. The van der Waals surface area contributed by atoms with E-state index in [-0.39, 0.29) is 29.1 Å². The Hall–Kier alpha value is -3.74. The molecule has 0 bridgehead atoms. The summed E-state index contributed by atoms with van der Waals surface area (Å²) in [5.41, 5.74) is 1.41. The van der Waals surface area contributed by atoms with Gasteiger partial charge in [-0.15, -0.1) is 0 Å². The van der Waals surface area contributed by atoms with Crippen molar-refractivity contribution in [1.82, 2.24) is 19.8 Å². The van der Waals surface area contributed by atoms with Gasteiger partial charge in [0.05, 0.1) is 6.04 Å². The molecule has 1 atom stereocenters. The molecule has 4 rings (SSSR count). The molecular weight excluding hydrogens is 428 g/mol. The molecule has 7 heteroatoms. The van der Waals surface area contributed by atoms with Crippen LogP contribution in [0.2, 0.25) is 0 Å². The van der Waals surface area contributed by atoms with Crippen molar-refractivity contribution in [2.75, 3.05) is 6.54 Å². The minimum absolute atomic E-state index is 0.0168. The van der Waals surface area contributed by atoms with Gasteiger partial charge >= 0.3 is 0 Å². The van der Waals surface area contributed by atoms with Gasteiger partial charge in [-0.2, -0.15) is 0 Å². The highest BCUT2D eigenvalue weighted by Gasteiger charge is 2.31. The molecule has 0 unspecified atom stereocenters. The first-order chi connectivity index (χ1) is 16.4. The van der Waals surface area contributed by atoms with Gasteiger partial charge in [0.2, 0.25) is 5.43 Å². The molecule has 3 aromatic rings. The maximum atomic E-state index is 13.8. The fourth-order valence-electron chi connectivity index (χ4n) is 4.42. The summed E-state index contributed by atoms with van der Waals surface area (Å²) < 4.78 is 1.75. The number of pyridine rings is 2. The zero-order valence-corrected chi connectivity index (χ0v) is 19.6. The largest absolute Gasteiger partial charge is 0.350 e. The lowest BCUT2D eigenvalue weighted by Crippen LogP contribution is -2.42. The quantitative estimate of drug-likeness (QED) is 0.609. The maximum absolute atomic E-state index is 13.8. The molecule has 34 heavy (non-hydrogen) atoms. The van der Waals surface area contributed by atoms with E-state index in [1.165, 1.54) is 0 Å². The molecule has 2 amide bonds. The van der Waals surface area contributed by atoms with Gasteiger partial charge in [0.25, 0.3) is 11.8 Å². The van der Waals surface area contributed by atoms with E-state index < -0.39 is 11.3 Å². The number of amides is 2. The average molecular weight is 459 g/mol. The minimum atomic E-state index is -0.539. The van der Waals surface area contributed by atoms with Crippen molar-refractivity contribution in [2.24, 2.45) is 0 Å². The van der Waals surface area contributed by atoms with Crippen molar-refractivity contribution in [3.63, 3.8) is 0 Å². The van der Waals surface area contributed by atoms with Crippen LogP contribution in [-0.4, -0.2) is 38.9 Å². The highest BCUT2D eigenvalue weighted by atomic mass is 16.2. The van der Waals surface area contributed by atoms with Crippen LogP contribution < -0.4 is 10.7 Å². The van der Waals surface area contributed by atoms with E-state index in [1.807, 2.05) is 56.3 Å². The predicted octanol–water partition coefficient (Wildman–Crippen LogP) is 3.80. The summed E-state index contributed by atoms with van der Waals surface area (Å²) >= 11 is 0. The van der Waals surface area contributed by atoms with Crippen LogP contribution in [0, 0.1) is 0 Å². The number of aromatic nitrogens is 2. The second kappa shape index (κ2) is 10.5. The summed E-state index contributed by atoms with van der Waals surface area (Å²) in [7, 11) is 0. The van der Waals surface area contributed by atoms with Crippen molar-refractivity contribution >= 4 is 11.8 Å². The highest BCUT2D eigenvalue weighted by molar-refractivity contribution is 5.99. The SMILES string of the molecule is CC(C)NC(=O)c1cn(Cc2ccccc2)cc(C(=O)N2CCCC[C@@H]2c2cccnc2)c1=O. The van der Waals surface area contributed by atoms with Crippen LogP contribution in [-0.2, 0) is 6.54 Å². The molecule has 2 aromatic heterocycles.